The van der Waals surface area contributed by atoms with Gasteiger partial charge in [-0.3, -0.25) is 14.3 Å². The maximum absolute atomic E-state index is 14.3. The van der Waals surface area contributed by atoms with E-state index in [0.29, 0.717) is 16.9 Å². The van der Waals surface area contributed by atoms with Gasteiger partial charge in [0.05, 0.1) is 10.6 Å². The highest BCUT2D eigenvalue weighted by atomic mass is 32.2. The fourth-order valence-electron chi connectivity index (χ4n) is 5.12. The van der Waals surface area contributed by atoms with E-state index in [0.717, 1.165) is 18.8 Å². The maximum Gasteiger partial charge on any atom is 0.300 e. The van der Waals surface area contributed by atoms with Crippen LogP contribution < -0.4 is 25.3 Å². The third-order valence-corrected chi connectivity index (χ3v) is 8.60. The first kappa shape index (κ1) is 30.3. The molecule has 0 spiro atoms. The standard InChI is InChI=1S/C33H34N6O4S/c1-4-38(5-2)28-21-19-26(20-22-28)35-33(34-24(3)40)31(36-39(32(33)41)29-15-8-6-9-16-29)25-13-12-14-27(23-25)37-44(42,43)30-17-10-7-11-18-30/h6-23,35,37H,4-5H2,1-3H3,(H,34,40). The summed E-state index contributed by atoms with van der Waals surface area (Å²) in [6, 6.07) is 31.1. The summed E-state index contributed by atoms with van der Waals surface area (Å²) in [5.74, 6) is -0.994. The molecular formula is C33H34N6O4S. The van der Waals surface area contributed by atoms with E-state index in [1.807, 2.05) is 30.3 Å². The number of carbonyl (C=O) groups excluding carboxylic acids is 2. The number of carbonyl (C=O) groups is 2. The quantitative estimate of drug-likeness (QED) is 0.205. The summed E-state index contributed by atoms with van der Waals surface area (Å²) in [6.45, 7) is 7.16. The van der Waals surface area contributed by atoms with Gasteiger partial charge >= 0.3 is 5.91 Å². The fourth-order valence-corrected chi connectivity index (χ4v) is 6.19. The van der Waals surface area contributed by atoms with Crippen molar-refractivity contribution in [2.75, 3.05) is 33.0 Å². The van der Waals surface area contributed by atoms with Crippen LogP contribution in [0.1, 0.15) is 26.3 Å². The van der Waals surface area contributed by atoms with Gasteiger partial charge in [0.2, 0.25) is 11.6 Å². The molecule has 0 bridgehead atoms. The molecule has 10 nitrogen and oxygen atoms in total. The summed E-state index contributed by atoms with van der Waals surface area (Å²) in [5.41, 5.74) is 1.16. The van der Waals surface area contributed by atoms with Crippen LogP contribution in [0.5, 0.6) is 0 Å². The lowest BCUT2D eigenvalue weighted by molar-refractivity contribution is -0.127. The van der Waals surface area contributed by atoms with Crippen molar-refractivity contribution in [1.82, 2.24) is 5.32 Å². The topological polar surface area (TPSA) is 123 Å². The lowest BCUT2D eigenvalue weighted by atomic mass is 9.95. The summed E-state index contributed by atoms with van der Waals surface area (Å²) in [4.78, 5) is 29.4. The SMILES string of the molecule is CCN(CC)c1ccc(NC2(NC(C)=O)C(=O)N(c3ccccc3)N=C2c2cccc(NS(=O)(=O)c3ccccc3)c2)cc1. The zero-order chi connectivity index (χ0) is 31.3. The molecule has 3 N–H and O–H groups in total. The Morgan fingerprint density at radius 2 is 1.48 bits per heavy atom. The Bertz CT molecular complexity index is 1780. The Morgan fingerprint density at radius 1 is 0.841 bits per heavy atom. The number of nitrogens with one attached hydrogen (secondary N) is 3. The van der Waals surface area contributed by atoms with Crippen molar-refractivity contribution >= 4 is 50.3 Å². The fraction of sp³-hybridized carbons (Fsp3) is 0.182. The minimum atomic E-state index is -3.89. The van der Waals surface area contributed by atoms with Crippen LogP contribution in [0.2, 0.25) is 0 Å². The van der Waals surface area contributed by atoms with E-state index in [-0.39, 0.29) is 16.3 Å². The second-order valence-corrected chi connectivity index (χ2v) is 11.9. The number of para-hydroxylation sites is 1. The molecule has 0 aromatic heterocycles. The van der Waals surface area contributed by atoms with Crippen molar-refractivity contribution in [3.8, 4) is 0 Å². The molecule has 1 atom stereocenters. The molecular weight excluding hydrogens is 576 g/mol. The summed E-state index contributed by atoms with van der Waals surface area (Å²) in [6.07, 6.45) is 0. The Labute approximate surface area is 257 Å². The number of hydrogen-bond acceptors (Lipinski definition) is 7. The van der Waals surface area contributed by atoms with Crippen molar-refractivity contribution < 1.29 is 18.0 Å². The summed E-state index contributed by atoms with van der Waals surface area (Å²) in [5, 5.41) is 12.1. The Morgan fingerprint density at radius 3 is 2.09 bits per heavy atom. The second kappa shape index (κ2) is 12.6. The van der Waals surface area contributed by atoms with Crippen molar-refractivity contribution in [3.05, 3.63) is 115 Å². The number of benzene rings is 4. The largest absolute Gasteiger partial charge is 0.372 e. The van der Waals surface area contributed by atoms with E-state index in [4.69, 9.17) is 5.10 Å². The number of rotatable bonds is 11. The summed E-state index contributed by atoms with van der Waals surface area (Å²) < 4.78 is 28.8. The molecule has 2 amide bonds. The molecule has 4 aromatic carbocycles. The van der Waals surface area contributed by atoms with Gasteiger partial charge in [-0.2, -0.15) is 10.1 Å². The molecule has 1 aliphatic heterocycles. The highest BCUT2D eigenvalue weighted by Gasteiger charge is 2.53. The van der Waals surface area contributed by atoms with Gasteiger partial charge in [0.15, 0.2) is 0 Å². The predicted molar refractivity (Wildman–Crippen MR) is 174 cm³/mol. The van der Waals surface area contributed by atoms with Gasteiger partial charge in [0.1, 0.15) is 5.71 Å². The number of sulfonamides is 1. The van der Waals surface area contributed by atoms with Crippen molar-refractivity contribution in [2.45, 2.75) is 31.3 Å². The molecule has 5 rings (SSSR count). The van der Waals surface area contributed by atoms with Gasteiger partial charge in [-0.05, 0) is 74.5 Å². The molecule has 11 heteroatoms. The first-order chi connectivity index (χ1) is 21.2. The van der Waals surface area contributed by atoms with Gasteiger partial charge in [-0.15, -0.1) is 0 Å². The van der Waals surface area contributed by atoms with Crippen LogP contribution in [0.3, 0.4) is 0 Å². The average molecular weight is 611 g/mol. The third kappa shape index (κ3) is 6.13. The molecule has 0 radical (unpaired) electrons. The minimum Gasteiger partial charge on any atom is -0.372 e. The van der Waals surface area contributed by atoms with Gasteiger partial charge in [-0.1, -0.05) is 48.5 Å². The number of hydrazone groups is 1. The average Bonchev–Trinajstić information content (AvgIpc) is 3.30. The normalized spacial score (nSPS) is 16.3. The van der Waals surface area contributed by atoms with Crippen molar-refractivity contribution in [1.29, 1.82) is 0 Å². The highest BCUT2D eigenvalue weighted by molar-refractivity contribution is 7.92. The Balaban J connectivity index is 1.60. The number of anilines is 4. The molecule has 226 valence electrons. The van der Waals surface area contributed by atoms with E-state index in [1.54, 1.807) is 66.7 Å². The van der Waals surface area contributed by atoms with E-state index < -0.39 is 27.5 Å². The van der Waals surface area contributed by atoms with Crippen LogP contribution in [0.4, 0.5) is 22.7 Å². The Kier molecular flexibility index (Phi) is 8.68. The van der Waals surface area contributed by atoms with Crippen LogP contribution in [0.15, 0.2) is 119 Å². The third-order valence-electron chi connectivity index (χ3n) is 7.20. The van der Waals surface area contributed by atoms with Crippen LogP contribution in [0, 0.1) is 0 Å². The monoisotopic (exact) mass is 610 g/mol. The van der Waals surface area contributed by atoms with E-state index in [9.17, 15) is 18.0 Å². The summed E-state index contributed by atoms with van der Waals surface area (Å²) >= 11 is 0. The molecule has 4 aromatic rings. The molecule has 0 saturated carbocycles. The minimum absolute atomic E-state index is 0.108. The first-order valence-corrected chi connectivity index (χ1v) is 15.7. The zero-order valence-corrected chi connectivity index (χ0v) is 25.5. The van der Waals surface area contributed by atoms with Gasteiger partial charge in [-0.25, -0.2) is 8.42 Å². The predicted octanol–water partition coefficient (Wildman–Crippen LogP) is 5.03. The number of hydrogen-bond donors (Lipinski definition) is 3. The maximum atomic E-state index is 14.3. The van der Waals surface area contributed by atoms with Gasteiger partial charge in [0, 0.05) is 42.6 Å². The Hall–Kier alpha value is -5.16. The molecule has 0 saturated heterocycles. The molecule has 1 heterocycles. The van der Waals surface area contributed by atoms with Gasteiger partial charge in [0.25, 0.3) is 10.0 Å². The highest BCUT2D eigenvalue weighted by Crippen LogP contribution is 2.32. The van der Waals surface area contributed by atoms with Crippen molar-refractivity contribution in [3.63, 3.8) is 0 Å². The van der Waals surface area contributed by atoms with Crippen LogP contribution in [-0.4, -0.2) is 44.7 Å². The van der Waals surface area contributed by atoms with E-state index in [1.165, 1.54) is 24.1 Å². The lowest BCUT2D eigenvalue weighted by Gasteiger charge is -2.32. The first-order valence-electron chi connectivity index (χ1n) is 14.3. The zero-order valence-electron chi connectivity index (χ0n) is 24.7. The molecule has 0 aliphatic carbocycles. The van der Waals surface area contributed by atoms with Crippen molar-refractivity contribution in [2.24, 2.45) is 5.10 Å². The lowest BCUT2D eigenvalue weighted by Crippen LogP contribution is -2.64. The van der Waals surface area contributed by atoms with Crippen LogP contribution in [-0.2, 0) is 19.6 Å². The summed E-state index contributed by atoms with van der Waals surface area (Å²) in [7, 11) is -3.89. The van der Waals surface area contributed by atoms with E-state index >= 15 is 0 Å². The smallest absolute Gasteiger partial charge is 0.300 e. The number of amides is 2. The van der Waals surface area contributed by atoms with E-state index in [2.05, 4.69) is 34.1 Å². The molecule has 44 heavy (non-hydrogen) atoms. The second-order valence-electron chi connectivity index (χ2n) is 10.2. The number of nitrogens with zero attached hydrogens (tertiary/aromatic N) is 3. The molecule has 0 fully saturated rings. The molecule has 1 unspecified atom stereocenters. The van der Waals surface area contributed by atoms with Crippen LogP contribution in [0.25, 0.3) is 0 Å². The van der Waals surface area contributed by atoms with Gasteiger partial charge < -0.3 is 15.5 Å². The van der Waals surface area contributed by atoms with Crippen LogP contribution >= 0.6 is 0 Å². The molecule has 1 aliphatic rings.